The maximum atomic E-state index is 12.8. The van der Waals surface area contributed by atoms with Crippen LogP contribution in [0.3, 0.4) is 0 Å². The standard InChI is InChI=1S/C15H18FN3O/c1-11(17-2)14-4-3-9-19(14)10-15(20)18-13-7-5-12(16)6-8-13/h3-9,11,17H,10H2,1-2H3,(H,18,20). The van der Waals surface area contributed by atoms with Gasteiger partial charge in [0.05, 0.1) is 0 Å². The largest absolute Gasteiger partial charge is 0.341 e. The first kappa shape index (κ1) is 14.3. The van der Waals surface area contributed by atoms with E-state index in [1.165, 1.54) is 12.1 Å². The maximum Gasteiger partial charge on any atom is 0.244 e. The van der Waals surface area contributed by atoms with Gasteiger partial charge in [-0.15, -0.1) is 0 Å². The van der Waals surface area contributed by atoms with Gasteiger partial charge in [-0.25, -0.2) is 4.39 Å². The molecule has 0 saturated carbocycles. The lowest BCUT2D eigenvalue weighted by Crippen LogP contribution is -2.22. The van der Waals surface area contributed by atoms with Gasteiger partial charge in [0, 0.05) is 23.6 Å². The number of hydrogen-bond donors (Lipinski definition) is 2. The molecule has 20 heavy (non-hydrogen) atoms. The summed E-state index contributed by atoms with van der Waals surface area (Å²) >= 11 is 0. The topological polar surface area (TPSA) is 46.1 Å². The second-order valence-corrected chi connectivity index (χ2v) is 4.63. The summed E-state index contributed by atoms with van der Waals surface area (Å²) in [6.45, 7) is 2.26. The first-order valence-corrected chi connectivity index (χ1v) is 6.48. The molecule has 2 aromatic rings. The number of benzene rings is 1. The van der Waals surface area contributed by atoms with Gasteiger partial charge in [0.25, 0.3) is 0 Å². The minimum absolute atomic E-state index is 0.141. The van der Waals surface area contributed by atoms with Gasteiger partial charge in [0.2, 0.25) is 5.91 Å². The molecule has 1 unspecified atom stereocenters. The van der Waals surface area contributed by atoms with Crippen LogP contribution in [0.15, 0.2) is 42.6 Å². The third-order valence-electron chi connectivity index (χ3n) is 3.18. The van der Waals surface area contributed by atoms with Crippen molar-refractivity contribution in [3.63, 3.8) is 0 Å². The van der Waals surface area contributed by atoms with E-state index in [0.717, 1.165) is 5.69 Å². The molecule has 0 radical (unpaired) electrons. The van der Waals surface area contributed by atoms with Crippen molar-refractivity contribution in [3.05, 3.63) is 54.1 Å². The Kier molecular flexibility index (Phi) is 4.53. The maximum absolute atomic E-state index is 12.8. The number of halogens is 1. The van der Waals surface area contributed by atoms with Crippen LogP contribution < -0.4 is 10.6 Å². The molecule has 106 valence electrons. The summed E-state index contributed by atoms with van der Waals surface area (Å²) in [6.07, 6.45) is 1.87. The van der Waals surface area contributed by atoms with E-state index in [2.05, 4.69) is 10.6 Å². The first-order valence-electron chi connectivity index (χ1n) is 6.48. The summed E-state index contributed by atoms with van der Waals surface area (Å²) in [4.78, 5) is 12.0. The zero-order valence-corrected chi connectivity index (χ0v) is 11.6. The van der Waals surface area contributed by atoms with E-state index in [4.69, 9.17) is 0 Å². The van der Waals surface area contributed by atoms with E-state index in [1.54, 1.807) is 12.1 Å². The summed E-state index contributed by atoms with van der Waals surface area (Å²) in [5, 5.41) is 5.89. The van der Waals surface area contributed by atoms with Crippen molar-refractivity contribution in [2.45, 2.75) is 19.5 Å². The monoisotopic (exact) mass is 275 g/mol. The number of nitrogens with one attached hydrogen (secondary N) is 2. The summed E-state index contributed by atoms with van der Waals surface area (Å²) in [6, 6.07) is 9.78. The molecule has 0 aliphatic carbocycles. The molecule has 0 aliphatic heterocycles. The number of carbonyl (C=O) groups is 1. The van der Waals surface area contributed by atoms with Crippen LogP contribution in [0.2, 0.25) is 0 Å². The van der Waals surface area contributed by atoms with E-state index in [9.17, 15) is 9.18 Å². The number of nitrogens with zero attached hydrogens (tertiary/aromatic N) is 1. The van der Waals surface area contributed by atoms with Gasteiger partial charge in [-0.1, -0.05) is 0 Å². The van der Waals surface area contributed by atoms with Crippen LogP contribution in [0.25, 0.3) is 0 Å². The molecular formula is C15H18FN3O. The Morgan fingerprint density at radius 1 is 1.30 bits per heavy atom. The van der Waals surface area contributed by atoms with Crippen LogP contribution in [-0.2, 0) is 11.3 Å². The fraction of sp³-hybridized carbons (Fsp3) is 0.267. The Morgan fingerprint density at radius 3 is 2.65 bits per heavy atom. The highest BCUT2D eigenvalue weighted by Gasteiger charge is 2.10. The zero-order valence-electron chi connectivity index (χ0n) is 11.6. The molecule has 0 fully saturated rings. The molecular weight excluding hydrogens is 257 g/mol. The highest BCUT2D eigenvalue weighted by Crippen LogP contribution is 2.13. The van der Waals surface area contributed by atoms with Crippen molar-refractivity contribution >= 4 is 11.6 Å². The fourth-order valence-electron chi connectivity index (χ4n) is 2.00. The minimum atomic E-state index is -0.321. The van der Waals surface area contributed by atoms with Gasteiger partial charge in [-0.2, -0.15) is 0 Å². The molecule has 2 N–H and O–H groups in total. The van der Waals surface area contributed by atoms with Crippen molar-refractivity contribution in [2.75, 3.05) is 12.4 Å². The minimum Gasteiger partial charge on any atom is -0.341 e. The van der Waals surface area contributed by atoms with E-state index in [-0.39, 0.29) is 24.3 Å². The molecule has 0 bridgehead atoms. The Hall–Kier alpha value is -2.14. The highest BCUT2D eigenvalue weighted by molar-refractivity contribution is 5.90. The molecule has 1 aromatic heterocycles. The molecule has 1 aromatic carbocycles. The molecule has 1 atom stereocenters. The Labute approximate surface area is 117 Å². The molecule has 0 saturated heterocycles. The highest BCUT2D eigenvalue weighted by atomic mass is 19.1. The smallest absolute Gasteiger partial charge is 0.244 e. The Balaban J connectivity index is 2.01. The number of anilines is 1. The lowest BCUT2D eigenvalue weighted by Gasteiger charge is -2.14. The van der Waals surface area contributed by atoms with Crippen molar-refractivity contribution < 1.29 is 9.18 Å². The number of amides is 1. The molecule has 5 heteroatoms. The summed E-state index contributed by atoms with van der Waals surface area (Å²) < 4.78 is 14.7. The molecule has 4 nitrogen and oxygen atoms in total. The quantitative estimate of drug-likeness (QED) is 0.881. The van der Waals surface area contributed by atoms with Gasteiger partial charge < -0.3 is 15.2 Å². The number of aromatic nitrogens is 1. The second kappa shape index (κ2) is 6.34. The Morgan fingerprint density at radius 2 is 2.00 bits per heavy atom. The Bertz CT molecular complexity index is 577. The fourth-order valence-corrected chi connectivity index (χ4v) is 2.00. The lowest BCUT2D eigenvalue weighted by atomic mass is 10.2. The summed E-state index contributed by atoms with van der Waals surface area (Å²) in [7, 11) is 1.88. The molecule has 1 heterocycles. The molecule has 0 aliphatic rings. The van der Waals surface area contributed by atoms with Crippen LogP contribution in [0.5, 0.6) is 0 Å². The summed E-state index contributed by atoms with van der Waals surface area (Å²) in [5.41, 5.74) is 1.63. The molecule has 1 amide bonds. The molecule has 0 spiro atoms. The van der Waals surface area contributed by atoms with Gasteiger partial charge in [-0.3, -0.25) is 4.79 Å². The predicted molar refractivity (Wildman–Crippen MR) is 76.9 cm³/mol. The third-order valence-corrected chi connectivity index (χ3v) is 3.18. The van der Waals surface area contributed by atoms with Crippen molar-refractivity contribution in [1.29, 1.82) is 0 Å². The average Bonchev–Trinajstić information content (AvgIpc) is 2.88. The van der Waals surface area contributed by atoms with E-state index in [0.29, 0.717) is 5.69 Å². The van der Waals surface area contributed by atoms with E-state index in [1.807, 2.05) is 36.9 Å². The van der Waals surface area contributed by atoms with Gasteiger partial charge in [0.1, 0.15) is 12.4 Å². The van der Waals surface area contributed by atoms with Crippen LogP contribution in [-0.4, -0.2) is 17.5 Å². The lowest BCUT2D eigenvalue weighted by molar-refractivity contribution is -0.116. The van der Waals surface area contributed by atoms with Crippen LogP contribution in [0.1, 0.15) is 18.7 Å². The number of hydrogen-bond acceptors (Lipinski definition) is 2. The predicted octanol–water partition coefficient (Wildman–Crippen LogP) is 2.55. The van der Waals surface area contributed by atoms with Gasteiger partial charge in [-0.05, 0) is 50.4 Å². The summed E-state index contributed by atoms with van der Waals surface area (Å²) in [5.74, 6) is -0.462. The van der Waals surface area contributed by atoms with Crippen molar-refractivity contribution in [2.24, 2.45) is 0 Å². The van der Waals surface area contributed by atoms with Crippen molar-refractivity contribution in [3.8, 4) is 0 Å². The number of rotatable bonds is 5. The normalized spacial score (nSPS) is 12.2. The second-order valence-electron chi connectivity index (χ2n) is 4.63. The van der Waals surface area contributed by atoms with Gasteiger partial charge >= 0.3 is 0 Å². The molecule has 2 rings (SSSR count). The van der Waals surface area contributed by atoms with Crippen LogP contribution in [0.4, 0.5) is 10.1 Å². The average molecular weight is 275 g/mol. The zero-order chi connectivity index (χ0) is 14.5. The van der Waals surface area contributed by atoms with E-state index >= 15 is 0 Å². The van der Waals surface area contributed by atoms with Crippen LogP contribution >= 0.6 is 0 Å². The first-order chi connectivity index (χ1) is 9.60. The SMILES string of the molecule is CNC(C)c1cccn1CC(=O)Nc1ccc(F)cc1. The number of carbonyl (C=O) groups excluding carboxylic acids is 1. The third kappa shape index (κ3) is 3.45. The van der Waals surface area contributed by atoms with Crippen molar-refractivity contribution in [1.82, 2.24) is 9.88 Å². The van der Waals surface area contributed by atoms with Gasteiger partial charge in [0.15, 0.2) is 0 Å². The van der Waals surface area contributed by atoms with Crippen LogP contribution in [0, 0.1) is 5.82 Å². The van der Waals surface area contributed by atoms with E-state index < -0.39 is 0 Å².